The van der Waals surface area contributed by atoms with Crippen LogP contribution >= 0.6 is 12.2 Å². The SMILES string of the molecule is COc1cc(/C=N/NC(=S)Nc2ccc(F)cc2)cc(O)c1O. The van der Waals surface area contributed by atoms with E-state index in [2.05, 4.69) is 15.8 Å². The molecule has 0 saturated carbocycles. The van der Waals surface area contributed by atoms with Crippen molar-refractivity contribution in [1.82, 2.24) is 5.43 Å². The lowest BCUT2D eigenvalue weighted by molar-refractivity contribution is 0.351. The van der Waals surface area contributed by atoms with Crippen molar-refractivity contribution in [3.8, 4) is 17.2 Å². The fourth-order valence-corrected chi connectivity index (χ4v) is 1.87. The molecule has 0 aliphatic rings. The number of hydrogen-bond acceptors (Lipinski definition) is 5. The minimum absolute atomic E-state index is 0.124. The first-order valence-corrected chi connectivity index (χ1v) is 6.86. The second kappa shape index (κ2) is 7.41. The van der Waals surface area contributed by atoms with E-state index in [9.17, 15) is 14.6 Å². The van der Waals surface area contributed by atoms with Crippen molar-refractivity contribution in [2.24, 2.45) is 5.10 Å². The van der Waals surface area contributed by atoms with Crippen molar-refractivity contribution >= 4 is 29.2 Å². The van der Waals surface area contributed by atoms with Gasteiger partial charge in [-0.2, -0.15) is 5.10 Å². The van der Waals surface area contributed by atoms with Gasteiger partial charge in [0.15, 0.2) is 16.6 Å². The molecular weight excluding hydrogens is 321 g/mol. The van der Waals surface area contributed by atoms with Crippen LogP contribution in [0.3, 0.4) is 0 Å². The second-order valence-electron chi connectivity index (χ2n) is 4.42. The maximum atomic E-state index is 12.8. The van der Waals surface area contributed by atoms with Crippen molar-refractivity contribution in [2.75, 3.05) is 12.4 Å². The molecule has 23 heavy (non-hydrogen) atoms. The Morgan fingerprint density at radius 1 is 1.26 bits per heavy atom. The Bertz CT molecular complexity index is 735. The van der Waals surface area contributed by atoms with Crippen LogP contribution in [0.1, 0.15) is 5.56 Å². The predicted octanol–water partition coefficient (Wildman–Crippen LogP) is 2.57. The summed E-state index contributed by atoms with van der Waals surface area (Å²) in [6, 6.07) is 8.50. The van der Waals surface area contributed by atoms with Crippen LogP contribution < -0.4 is 15.5 Å². The number of hydrogen-bond donors (Lipinski definition) is 4. The Morgan fingerprint density at radius 2 is 1.96 bits per heavy atom. The summed E-state index contributed by atoms with van der Waals surface area (Å²) in [7, 11) is 1.37. The molecule has 2 rings (SSSR count). The Morgan fingerprint density at radius 3 is 2.61 bits per heavy atom. The van der Waals surface area contributed by atoms with Gasteiger partial charge >= 0.3 is 0 Å². The Hall–Kier alpha value is -2.87. The van der Waals surface area contributed by atoms with E-state index in [0.29, 0.717) is 11.3 Å². The molecule has 8 heteroatoms. The van der Waals surface area contributed by atoms with E-state index < -0.39 is 0 Å². The molecule has 0 heterocycles. The molecule has 0 spiro atoms. The van der Waals surface area contributed by atoms with Crippen LogP contribution in [0.2, 0.25) is 0 Å². The topological polar surface area (TPSA) is 86.1 Å². The molecule has 2 aromatic carbocycles. The quantitative estimate of drug-likeness (QED) is 0.297. The van der Waals surface area contributed by atoms with Crippen LogP contribution in [-0.2, 0) is 0 Å². The summed E-state index contributed by atoms with van der Waals surface area (Å²) in [5.41, 5.74) is 3.69. The number of benzene rings is 2. The molecule has 0 aliphatic heterocycles. The van der Waals surface area contributed by atoms with Crippen molar-refractivity contribution in [3.63, 3.8) is 0 Å². The number of anilines is 1. The highest BCUT2D eigenvalue weighted by Crippen LogP contribution is 2.35. The van der Waals surface area contributed by atoms with Crippen LogP contribution in [0.5, 0.6) is 17.2 Å². The van der Waals surface area contributed by atoms with E-state index in [0.717, 1.165) is 0 Å². The Balaban J connectivity index is 1.97. The molecule has 0 radical (unpaired) electrons. The van der Waals surface area contributed by atoms with Gasteiger partial charge in [-0.25, -0.2) is 4.39 Å². The highest BCUT2D eigenvalue weighted by molar-refractivity contribution is 7.80. The molecule has 0 atom stereocenters. The van der Waals surface area contributed by atoms with Gasteiger partial charge in [0.1, 0.15) is 5.82 Å². The van der Waals surface area contributed by atoms with Crippen LogP contribution in [-0.4, -0.2) is 28.6 Å². The number of thiocarbonyl (C=S) groups is 1. The molecule has 0 amide bonds. The zero-order valence-corrected chi connectivity index (χ0v) is 12.9. The number of rotatable bonds is 4. The number of nitrogens with one attached hydrogen (secondary N) is 2. The summed E-state index contributed by atoms with van der Waals surface area (Å²) >= 11 is 5.04. The molecule has 0 saturated heterocycles. The molecule has 0 fully saturated rings. The van der Waals surface area contributed by atoms with Crippen molar-refractivity contribution in [2.45, 2.75) is 0 Å². The van der Waals surface area contributed by atoms with Gasteiger partial charge in [0.2, 0.25) is 5.75 Å². The lowest BCUT2D eigenvalue weighted by Gasteiger charge is -2.07. The Kier molecular flexibility index (Phi) is 5.32. The summed E-state index contributed by atoms with van der Waals surface area (Å²) < 4.78 is 17.7. The van der Waals surface area contributed by atoms with E-state index in [-0.39, 0.29) is 28.2 Å². The normalized spacial score (nSPS) is 10.5. The minimum Gasteiger partial charge on any atom is -0.504 e. The molecule has 0 aliphatic carbocycles. The molecule has 0 aromatic heterocycles. The lowest BCUT2D eigenvalue weighted by Crippen LogP contribution is -2.23. The zero-order valence-electron chi connectivity index (χ0n) is 12.1. The first kappa shape index (κ1) is 16.5. The monoisotopic (exact) mass is 335 g/mol. The number of aromatic hydroxyl groups is 2. The molecule has 0 bridgehead atoms. The van der Waals surface area contributed by atoms with Crippen molar-refractivity contribution in [3.05, 3.63) is 47.8 Å². The maximum Gasteiger partial charge on any atom is 0.200 e. The third kappa shape index (κ3) is 4.55. The van der Waals surface area contributed by atoms with Crippen LogP contribution in [0.15, 0.2) is 41.5 Å². The first-order chi connectivity index (χ1) is 11.0. The summed E-state index contributed by atoms with van der Waals surface area (Å²) in [5, 5.41) is 26.0. The van der Waals surface area contributed by atoms with E-state index in [1.165, 1.54) is 49.7 Å². The van der Waals surface area contributed by atoms with Crippen molar-refractivity contribution in [1.29, 1.82) is 0 Å². The minimum atomic E-state index is -0.342. The highest BCUT2D eigenvalue weighted by atomic mass is 32.1. The van der Waals surface area contributed by atoms with E-state index in [1.54, 1.807) is 0 Å². The summed E-state index contributed by atoms with van der Waals surface area (Å²) in [6.45, 7) is 0. The van der Waals surface area contributed by atoms with Gasteiger partial charge in [0, 0.05) is 11.3 Å². The number of methoxy groups -OCH3 is 1. The van der Waals surface area contributed by atoms with E-state index in [1.807, 2.05) is 0 Å². The summed E-state index contributed by atoms with van der Waals surface area (Å²) in [4.78, 5) is 0. The van der Waals surface area contributed by atoms with Crippen LogP contribution in [0, 0.1) is 5.82 Å². The summed E-state index contributed by atoms with van der Waals surface area (Å²) in [6.07, 6.45) is 1.39. The van der Waals surface area contributed by atoms with Gasteiger partial charge in [-0.05, 0) is 48.6 Å². The molecule has 2 aromatic rings. The third-order valence-corrected chi connectivity index (χ3v) is 2.97. The average Bonchev–Trinajstić information content (AvgIpc) is 2.53. The van der Waals surface area contributed by atoms with Gasteiger partial charge in [0.05, 0.1) is 13.3 Å². The number of nitrogens with zero attached hydrogens (tertiary/aromatic N) is 1. The maximum absolute atomic E-state index is 12.8. The molecule has 6 nitrogen and oxygen atoms in total. The lowest BCUT2D eigenvalue weighted by atomic mass is 10.2. The molecule has 0 unspecified atom stereocenters. The number of halogens is 1. The molecular formula is C15H14FN3O3S. The number of hydrazone groups is 1. The van der Waals surface area contributed by atoms with Crippen molar-refractivity contribution < 1.29 is 19.3 Å². The standard InChI is InChI=1S/C15H14FN3O3S/c1-22-13-7-9(6-12(20)14(13)21)8-17-19-15(23)18-11-4-2-10(16)3-5-11/h2-8,20-21H,1H3,(H2,18,19,23)/b17-8+. The van der Waals surface area contributed by atoms with Gasteiger partial charge in [-0.1, -0.05) is 0 Å². The van der Waals surface area contributed by atoms with Gasteiger partial charge < -0.3 is 20.3 Å². The number of phenolic OH excluding ortho intramolecular Hbond substituents is 2. The summed E-state index contributed by atoms with van der Waals surface area (Å²) in [5.74, 6) is -0.879. The third-order valence-electron chi connectivity index (χ3n) is 2.78. The van der Waals surface area contributed by atoms with Gasteiger partial charge in [-0.15, -0.1) is 0 Å². The van der Waals surface area contributed by atoms with Gasteiger partial charge in [0.25, 0.3) is 0 Å². The first-order valence-electron chi connectivity index (χ1n) is 6.45. The largest absolute Gasteiger partial charge is 0.504 e. The van der Waals surface area contributed by atoms with Crippen LogP contribution in [0.4, 0.5) is 10.1 Å². The second-order valence-corrected chi connectivity index (χ2v) is 4.83. The zero-order chi connectivity index (χ0) is 16.8. The van der Waals surface area contributed by atoms with Gasteiger partial charge in [-0.3, -0.25) is 5.43 Å². The number of phenols is 2. The predicted molar refractivity (Wildman–Crippen MR) is 89.7 cm³/mol. The molecule has 4 N–H and O–H groups in total. The van der Waals surface area contributed by atoms with E-state index >= 15 is 0 Å². The smallest absolute Gasteiger partial charge is 0.200 e. The fraction of sp³-hybridized carbons (Fsp3) is 0.0667. The highest BCUT2D eigenvalue weighted by Gasteiger charge is 2.08. The average molecular weight is 335 g/mol. The fourth-order valence-electron chi connectivity index (χ4n) is 1.70. The number of ether oxygens (including phenoxy) is 1. The molecule has 120 valence electrons. The van der Waals surface area contributed by atoms with E-state index in [4.69, 9.17) is 17.0 Å². The Labute approximate surface area is 137 Å². The van der Waals surface area contributed by atoms with Crippen LogP contribution in [0.25, 0.3) is 0 Å².